The predicted molar refractivity (Wildman–Crippen MR) is 111 cm³/mol. The molecule has 0 unspecified atom stereocenters. The quantitative estimate of drug-likeness (QED) is 0.376. The van der Waals surface area contributed by atoms with Gasteiger partial charge < -0.3 is 0 Å². The van der Waals surface area contributed by atoms with E-state index >= 15 is 0 Å². The lowest BCUT2D eigenvalue weighted by Crippen LogP contribution is -1.91. The summed E-state index contributed by atoms with van der Waals surface area (Å²) in [4.78, 5) is 0. The minimum atomic E-state index is 1.07. The zero-order valence-electron chi connectivity index (χ0n) is 14.8. The van der Waals surface area contributed by atoms with Gasteiger partial charge in [0.2, 0.25) is 0 Å². The molecule has 0 amide bonds. The van der Waals surface area contributed by atoms with E-state index in [0.717, 1.165) is 12.8 Å². The van der Waals surface area contributed by atoms with Crippen molar-refractivity contribution in [2.45, 2.75) is 12.8 Å². The van der Waals surface area contributed by atoms with Gasteiger partial charge in [0.15, 0.2) is 0 Å². The van der Waals surface area contributed by atoms with E-state index in [2.05, 4.69) is 109 Å². The lowest BCUT2D eigenvalue weighted by atomic mass is 9.99. The molecule has 0 atom stereocenters. The van der Waals surface area contributed by atoms with Gasteiger partial charge in [-0.2, -0.15) is 0 Å². The van der Waals surface area contributed by atoms with Gasteiger partial charge in [-0.25, -0.2) is 0 Å². The van der Waals surface area contributed by atoms with Crippen LogP contribution in [0.5, 0.6) is 0 Å². The normalized spacial score (nSPS) is 10.6. The standard InChI is InChI=1S/C26H22/c1-3-7-23(8-4-1)25-17-13-21(14-18-25)11-12-22-15-19-26(20-16-22)24-9-5-2-6-10-24/h1-10,13-20H,11-12H2. The summed E-state index contributed by atoms with van der Waals surface area (Å²) in [5, 5.41) is 0. The largest absolute Gasteiger partial charge is 0.0622 e. The van der Waals surface area contributed by atoms with E-state index < -0.39 is 0 Å². The summed E-state index contributed by atoms with van der Waals surface area (Å²) in [6.45, 7) is 0. The molecule has 0 fully saturated rings. The van der Waals surface area contributed by atoms with E-state index in [1.807, 2.05) is 0 Å². The molecule has 0 bridgehead atoms. The summed E-state index contributed by atoms with van der Waals surface area (Å²) >= 11 is 0. The Hall–Kier alpha value is -3.12. The molecule has 0 nitrogen and oxygen atoms in total. The second-order valence-corrected chi connectivity index (χ2v) is 6.63. The summed E-state index contributed by atoms with van der Waals surface area (Å²) in [6, 6.07) is 39.0. The first-order valence-electron chi connectivity index (χ1n) is 9.17. The number of hydrogen-bond donors (Lipinski definition) is 0. The van der Waals surface area contributed by atoms with Crippen LogP contribution in [-0.2, 0) is 12.8 Å². The van der Waals surface area contributed by atoms with Crippen LogP contribution in [-0.4, -0.2) is 0 Å². The molecule has 0 saturated carbocycles. The fourth-order valence-corrected chi connectivity index (χ4v) is 3.28. The van der Waals surface area contributed by atoms with E-state index in [0.29, 0.717) is 0 Å². The van der Waals surface area contributed by atoms with Crippen molar-refractivity contribution in [2.24, 2.45) is 0 Å². The van der Waals surface area contributed by atoms with Gasteiger partial charge in [0.1, 0.15) is 0 Å². The third kappa shape index (κ3) is 3.92. The Morgan fingerprint density at radius 3 is 0.962 bits per heavy atom. The molecule has 0 aliphatic heterocycles. The van der Waals surface area contributed by atoms with E-state index in [1.165, 1.54) is 33.4 Å². The van der Waals surface area contributed by atoms with Crippen molar-refractivity contribution >= 4 is 0 Å². The maximum Gasteiger partial charge on any atom is -0.0184 e. The fourth-order valence-electron chi connectivity index (χ4n) is 3.28. The minimum Gasteiger partial charge on any atom is -0.0622 e. The molecule has 0 heterocycles. The summed E-state index contributed by atoms with van der Waals surface area (Å²) < 4.78 is 0. The predicted octanol–water partition coefficient (Wildman–Crippen LogP) is 6.81. The van der Waals surface area contributed by atoms with Crippen molar-refractivity contribution in [3.8, 4) is 22.3 Å². The number of rotatable bonds is 5. The summed E-state index contributed by atoms with van der Waals surface area (Å²) in [6.07, 6.45) is 2.14. The highest BCUT2D eigenvalue weighted by Crippen LogP contribution is 2.21. The highest BCUT2D eigenvalue weighted by molar-refractivity contribution is 5.64. The Kier molecular flexibility index (Phi) is 4.93. The first-order chi connectivity index (χ1) is 12.9. The van der Waals surface area contributed by atoms with Crippen molar-refractivity contribution in [1.29, 1.82) is 0 Å². The number of hydrogen-bond acceptors (Lipinski definition) is 0. The van der Waals surface area contributed by atoms with Crippen LogP contribution in [0.2, 0.25) is 0 Å². The van der Waals surface area contributed by atoms with Crippen LogP contribution in [0.1, 0.15) is 11.1 Å². The van der Waals surface area contributed by atoms with Crippen molar-refractivity contribution in [3.05, 3.63) is 120 Å². The monoisotopic (exact) mass is 334 g/mol. The average Bonchev–Trinajstić information content (AvgIpc) is 2.74. The Balaban J connectivity index is 1.40. The van der Waals surface area contributed by atoms with Crippen molar-refractivity contribution in [3.63, 3.8) is 0 Å². The molecular formula is C26H22. The van der Waals surface area contributed by atoms with Gasteiger partial charge in [-0.05, 0) is 46.2 Å². The first kappa shape index (κ1) is 16.4. The third-order valence-electron chi connectivity index (χ3n) is 4.82. The summed E-state index contributed by atoms with van der Waals surface area (Å²) in [5.41, 5.74) is 7.88. The Labute approximate surface area is 155 Å². The molecule has 126 valence electrons. The topological polar surface area (TPSA) is 0 Å². The zero-order valence-corrected chi connectivity index (χ0v) is 14.8. The Morgan fingerprint density at radius 1 is 0.308 bits per heavy atom. The molecule has 4 rings (SSSR count). The van der Waals surface area contributed by atoms with Crippen LogP contribution in [0, 0.1) is 0 Å². The molecule has 0 aromatic heterocycles. The van der Waals surface area contributed by atoms with Crippen molar-refractivity contribution in [2.75, 3.05) is 0 Å². The Bertz CT molecular complexity index is 851. The highest BCUT2D eigenvalue weighted by Gasteiger charge is 2.00. The van der Waals surface area contributed by atoms with Gasteiger partial charge in [-0.1, -0.05) is 109 Å². The van der Waals surface area contributed by atoms with Gasteiger partial charge in [0.25, 0.3) is 0 Å². The molecule has 0 radical (unpaired) electrons. The van der Waals surface area contributed by atoms with E-state index in [4.69, 9.17) is 0 Å². The highest BCUT2D eigenvalue weighted by atomic mass is 14.1. The van der Waals surface area contributed by atoms with E-state index in [1.54, 1.807) is 0 Å². The molecule has 4 aromatic rings. The number of aryl methyl sites for hydroxylation is 2. The maximum atomic E-state index is 2.25. The van der Waals surface area contributed by atoms with Crippen LogP contribution >= 0.6 is 0 Å². The number of benzene rings is 4. The van der Waals surface area contributed by atoms with Crippen LogP contribution in [0.25, 0.3) is 22.3 Å². The van der Waals surface area contributed by atoms with E-state index in [9.17, 15) is 0 Å². The van der Waals surface area contributed by atoms with Crippen LogP contribution in [0.3, 0.4) is 0 Å². The smallest absolute Gasteiger partial charge is 0.0184 e. The molecule has 0 aliphatic carbocycles. The minimum absolute atomic E-state index is 1.07. The van der Waals surface area contributed by atoms with Crippen LogP contribution < -0.4 is 0 Å². The molecule has 0 heteroatoms. The maximum absolute atomic E-state index is 2.25. The van der Waals surface area contributed by atoms with E-state index in [-0.39, 0.29) is 0 Å². The molecule has 4 aromatic carbocycles. The molecule has 0 saturated heterocycles. The van der Waals surface area contributed by atoms with Gasteiger partial charge in [0, 0.05) is 0 Å². The molecule has 0 aliphatic rings. The van der Waals surface area contributed by atoms with Crippen molar-refractivity contribution in [1.82, 2.24) is 0 Å². The fraction of sp³-hybridized carbons (Fsp3) is 0.0769. The lowest BCUT2D eigenvalue weighted by molar-refractivity contribution is 0.961. The van der Waals surface area contributed by atoms with Crippen LogP contribution in [0.4, 0.5) is 0 Å². The second-order valence-electron chi connectivity index (χ2n) is 6.63. The summed E-state index contributed by atoms with van der Waals surface area (Å²) in [5.74, 6) is 0. The van der Waals surface area contributed by atoms with Crippen LogP contribution in [0.15, 0.2) is 109 Å². The zero-order chi connectivity index (χ0) is 17.6. The second kappa shape index (κ2) is 7.84. The Morgan fingerprint density at radius 2 is 0.615 bits per heavy atom. The van der Waals surface area contributed by atoms with Gasteiger partial charge in [-0.15, -0.1) is 0 Å². The van der Waals surface area contributed by atoms with Gasteiger partial charge >= 0.3 is 0 Å². The third-order valence-corrected chi connectivity index (χ3v) is 4.82. The molecule has 0 N–H and O–H groups in total. The summed E-state index contributed by atoms with van der Waals surface area (Å²) in [7, 11) is 0. The van der Waals surface area contributed by atoms with Gasteiger partial charge in [-0.3, -0.25) is 0 Å². The lowest BCUT2D eigenvalue weighted by Gasteiger charge is -2.06. The molecular weight excluding hydrogens is 312 g/mol. The SMILES string of the molecule is c1ccc(-c2ccc(CCc3ccc(-c4ccccc4)cc3)cc2)cc1. The van der Waals surface area contributed by atoms with Gasteiger partial charge in [0.05, 0.1) is 0 Å². The first-order valence-corrected chi connectivity index (χ1v) is 9.17. The average molecular weight is 334 g/mol. The molecule has 0 spiro atoms. The van der Waals surface area contributed by atoms with Crippen molar-refractivity contribution < 1.29 is 0 Å². The molecule has 26 heavy (non-hydrogen) atoms.